The van der Waals surface area contributed by atoms with E-state index in [1.165, 1.54) is 21.6 Å². The number of thiophene rings is 1. The molecule has 19 heavy (non-hydrogen) atoms. The Morgan fingerprint density at radius 3 is 2.58 bits per heavy atom. The van der Waals surface area contributed by atoms with Crippen LogP contribution in [0.3, 0.4) is 0 Å². The van der Waals surface area contributed by atoms with Gasteiger partial charge in [-0.25, -0.2) is 0 Å². The minimum absolute atomic E-state index is 0.143. The van der Waals surface area contributed by atoms with Gasteiger partial charge in [0.2, 0.25) is 0 Å². The highest BCUT2D eigenvalue weighted by Crippen LogP contribution is 2.38. The third-order valence-corrected chi connectivity index (χ3v) is 5.13. The van der Waals surface area contributed by atoms with Crippen molar-refractivity contribution in [2.24, 2.45) is 0 Å². The zero-order valence-electron chi connectivity index (χ0n) is 11.6. The van der Waals surface area contributed by atoms with Crippen LogP contribution in [0.5, 0.6) is 5.75 Å². The topological polar surface area (TPSA) is 21.3 Å². The summed E-state index contributed by atoms with van der Waals surface area (Å²) in [5.74, 6) is 0.942. The Kier molecular flexibility index (Phi) is 4.66. The van der Waals surface area contributed by atoms with Gasteiger partial charge in [0.05, 0.1) is 13.2 Å². The molecule has 1 unspecified atom stereocenters. The third-order valence-electron chi connectivity index (χ3n) is 3.20. The molecule has 0 aliphatic heterocycles. The van der Waals surface area contributed by atoms with Crippen LogP contribution in [0.4, 0.5) is 0 Å². The van der Waals surface area contributed by atoms with Gasteiger partial charge in [0.25, 0.3) is 0 Å². The van der Waals surface area contributed by atoms with E-state index in [1.807, 2.05) is 7.05 Å². The summed E-state index contributed by atoms with van der Waals surface area (Å²) < 4.78 is 6.71. The lowest BCUT2D eigenvalue weighted by Gasteiger charge is -2.22. The molecule has 2 aromatic rings. The Hall–Kier alpha value is -0.840. The second-order valence-corrected chi connectivity index (χ2v) is 6.35. The van der Waals surface area contributed by atoms with E-state index >= 15 is 0 Å². The standard InChI is InChI=1S/C15H18BrNOS/c1-9-7-10(2)13(12(8-9)18-4)14(17-3)15-11(16)5-6-19-15/h5-8,14,17H,1-4H3. The zero-order valence-corrected chi connectivity index (χ0v) is 14.0. The molecule has 1 aromatic heterocycles. The molecular weight excluding hydrogens is 322 g/mol. The van der Waals surface area contributed by atoms with E-state index in [2.05, 4.69) is 58.7 Å². The minimum Gasteiger partial charge on any atom is -0.496 e. The number of aryl methyl sites for hydroxylation is 2. The average Bonchev–Trinajstić information content (AvgIpc) is 2.78. The van der Waals surface area contributed by atoms with Crippen LogP contribution in [0.2, 0.25) is 0 Å². The van der Waals surface area contributed by atoms with Gasteiger partial charge in [-0.15, -0.1) is 11.3 Å². The molecule has 0 spiro atoms. The van der Waals surface area contributed by atoms with Gasteiger partial charge in [0.15, 0.2) is 0 Å². The molecule has 2 rings (SSSR count). The highest BCUT2D eigenvalue weighted by molar-refractivity contribution is 9.10. The lowest BCUT2D eigenvalue weighted by Crippen LogP contribution is -2.19. The van der Waals surface area contributed by atoms with E-state index in [4.69, 9.17) is 4.74 Å². The summed E-state index contributed by atoms with van der Waals surface area (Å²) in [6.45, 7) is 4.23. The Morgan fingerprint density at radius 1 is 1.32 bits per heavy atom. The normalized spacial score (nSPS) is 12.5. The zero-order chi connectivity index (χ0) is 14.0. The van der Waals surface area contributed by atoms with Gasteiger partial charge < -0.3 is 10.1 Å². The fourth-order valence-electron chi connectivity index (χ4n) is 2.40. The quantitative estimate of drug-likeness (QED) is 0.888. The highest BCUT2D eigenvalue weighted by Gasteiger charge is 2.22. The summed E-state index contributed by atoms with van der Waals surface area (Å²) in [4.78, 5) is 1.27. The monoisotopic (exact) mass is 339 g/mol. The van der Waals surface area contributed by atoms with E-state index in [9.17, 15) is 0 Å². The van der Waals surface area contributed by atoms with Crippen LogP contribution < -0.4 is 10.1 Å². The summed E-state index contributed by atoms with van der Waals surface area (Å²) in [7, 11) is 3.71. The van der Waals surface area contributed by atoms with Crippen molar-refractivity contribution in [1.82, 2.24) is 5.32 Å². The first kappa shape index (κ1) is 14.6. The molecule has 2 nitrogen and oxygen atoms in total. The van der Waals surface area contributed by atoms with Gasteiger partial charge >= 0.3 is 0 Å². The van der Waals surface area contributed by atoms with Gasteiger partial charge in [-0.1, -0.05) is 6.07 Å². The summed E-state index contributed by atoms with van der Waals surface area (Å²) in [5.41, 5.74) is 3.67. The van der Waals surface area contributed by atoms with Crippen molar-refractivity contribution in [3.8, 4) is 5.75 Å². The van der Waals surface area contributed by atoms with Crippen LogP contribution in [-0.2, 0) is 0 Å². The fraction of sp³-hybridized carbons (Fsp3) is 0.333. The summed E-state index contributed by atoms with van der Waals surface area (Å²) in [5, 5.41) is 5.49. The van der Waals surface area contributed by atoms with Crippen molar-refractivity contribution in [3.63, 3.8) is 0 Å². The summed E-state index contributed by atoms with van der Waals surface area (Å²) in [6.07, 6.45) is 0. The molecule has 0 saturated carbocycles. The van der Waals surface area contributed by atoms with E-state index in [1.54, 1.807) is 18.4 Å². The predicted octanol–water partition coefficient (Wildman–Crippen LogP) is 4.44. The van der Waals surface area contributed by atoms with Gasteiger partial charge in [0, 0.05) is 14.9 Å². The Bertz CT molecular complexity index is 580. The second kappa shape index (κ2) is 6.07. The molecule has 0 bridgehead atoms. The summed E-state index contributed by atoms with van der Waals surface area (Å²) in [6, 6.07) is 6.52. The first-order valence-corrected chi connectivity index (χ1v) is 7.81. The highest BCUT2D eigenvalue weighted by atomic mass is 79.9. The number of methoxy groups -OCH3 is 1. The Morgan fingerprint density at radius 2 is 2.05 bits per heavy atom. The van der Waals surface area contributed by atoms with Crippen LogP contribution in [0.1, 0.15) is 27.6 Å². The van der Waals surface area contributed by atoms with Crippen molar-refractivity contribution >= 4 is 27.3 Å². The Balaban J connectivity index is 2.59. The lowest BCUT2D eigenvalue weighted by atomic mass is 9.97. The fourth-order valence-corrected chi connectivity index (χ4v) is 4.12. The van der Waals surface area contributed by atoms with Gasteiger partial charge in [-0.3, -0.25) is 0 Å². The van der Waals surface area contributed by atoms with Crippen molar-refractivity contribution < 1.29 is 4.74 Å². The van der Waals surface area contributed by atoms with E-state index in [0.717, 1.165) is 10.2 Å². The van der Waals surface area contributed by atoms with Crippen LogP contribution >= 0.6 is 27.3 Å². The van der Waals surface area contributed by atoms with E-state index < -0.39 is 0 Å². The van der Waals surface area contributed by atoms with Gasteiger partial charge in [0.1, 0.15) is 5.75 Å². The van der Waals surface area contributed by atoms with Crippen LogP contribution in [0.25, 0.3) is 0 Å². The molecule has 1 heterocycles. The number of ether oxygens (including phenoxy) is 1. The van der Waals surface area contributed by atoms with Crippen molar-refractivity contribution in [2.75, 3.05) is 14.2 Å². The van der Waals surface area contributed by atoms with Gasteiger partial charge in [-0.2, -0.15) is 0 Å². The lowest BCUT2D eigenvalue weighted by molar-refractivity contribution is 0.404. The molecule has 4 heteroatoms. The first-order valence-electron chi connectivity index (χ1n) is 6.13. The molecule has 1 aromatic carbocycles. The molecule has 0 amide bonds. The Labute approximate surface area is 126 Å². The molecule has 0 fully saturated rings. The molecule has 0 aliphatic rings. The number of nitrogens with one attached hydrogen (secondary N) is 1. The molecule has 1 N–H and O–H groups in total. The maximum atomic E-state index is 5.58. The van der Waals surface area contributed by atoms with E-state index in [0.29, 0.717) is 0 Å². The average molecular weight is 340 g/mol. The maximum absolute atomic E-state index is 5.58. The second-order valence-electron chi connectivity index (χ2n) is 4.55. The van der Waals surface area contributed by atoms with Crippen LogP contribution in [-0.4, -0.2) is 14.2 Å². The predicted molar refractivity (Wildman–Crippen MR) is 85.4 cm³/mol. The van der Waals surface area contributed by atoms with Gasteiger partial charge in [-0.05, 0) is 65.5 Å². The molecule has 0 aliphatic carbocycles. The molecule has 0 radical (unpaired) electrons. The first-order chi connectivity index (χ1) is 9.08. The number of halogens is 1. The van der Waals surface area contributed by atoms with Crippen molar-refractivity contribution in [2.45, 2.75) is 19.9 Å². The number of benzene rings is 1. The number of hydrogen-bond donors (Lipinski definition) is 1. The third kappa shape index (κ3) is 2.86. The smallest absolute Gasteiger partial charge is 0.124 e. The maximum Gasteiger partial charge on any atom is 0.124 e. The SMILES string of the molecule is CNC(c1sccc1Br)c1c(C)cc(C)cc1OC. The number of rotatable bonds is 4. The summed E-state index contributed by atoms with van der Waals surface area (Å²) >= 11 is 5.36. The van der Waals surface area contributed by atoms with E-state index in [-0.39, 0.29) is 6.04 Å². The van der Waals surface area contributed by atoms with Crippen molar-refractivity contribution in [3.05, 3.63) is 49.6 Å². The number of hydrogen-bond acceptors (Lipinski definition) is 3. The van der Waals surface area contributed by atoms with Crippen molar-refractivity contribution in [1.29, 1.82) is 0 Å². The molecule has 1 atom stereocenters. The molecular formula is C15H18BrNOS. The molecule has 0 saturated heterocycles. The minimum atomic E-state index is 0.143. The largest absolute Gasteiger partial charge is 0.496 e. The molecule has 102 valence electrons. The van der Waals surface area contributed by atoms with Crippen LogP contribution in [0.15, 0.2) is 28.1 Å². The van der Waals surface area contributed by atoms with Crippen LogP contribution in [0, 0.1) is 13.8 Å².